The molecule has 12 heteroatoms. The Hall–Kier alpha value is -1.23. The average Bonchev–Trinajstić information content (AvgIpc) is 2.31. The van der Waals surface area contributed by atoms with Crippen molar-refractivity contribution in [2.45, 2.75) is 18.9 Å². The zero-order valence-corrected chi connectivity index (χ0v) is 11.8. The van der Waals surface area contributed by atoms with Gasteiger partial charge in [0.05, 0.1) is 6.61 Å². The number of aliphatic imine (C=N–C) groups is 1. The Morgan fingerprint density at radius 2 is 1.90 bits per heavy atom. The molecular formula is C8H22N5O6P. The third-order valence-corrected chi connectivity index (χ3v) is 2.18. The van der Waals surface area contributed by atoms with Gasteiger partial charge in [0.25, 0.3) is 0 Å². The number of carbonyl (C=O) groups is 1. The largest absolute Gasteiger partial charge is 0.480 e. The molecule has 0 saturated carbocycles. The molecule has 0 amide bonds. The van der Waals surface area contributed by atoms with Crippen molar-refractivity contribution in [3.05, 3.63) is 0 Å². The number of phosphoric ester groups is 1. The van der Waals surface area contributed by atoms with E-state index >= 15 is 0 Å². The first-order chi connectivity index (χ1) is 9.10. The second-order valence-corrected chi connectivity index (χ2v) is 4.75. The smallest absolute Gasteiger partial charge is 0.469 e. The van der Waals surface area contributed by atoms with Crippen LogP contribution in [0.5, 0.6) is 0 Å². The van der Waals surface area contributed by atoms with E-state index in [1.807, 2.05) is 0 Å². The Morgan fingerprint density at radius 1 is 1.35 bits per heavy atom. The number of phosphoric acid groups is 1. The van der Waals surface area contributed by atoms with E-state index in [-0.39, 0.29) is 19.1 Å². The van der Waals surface area contributed by atoms with Crippen LogP contribution < -0.4 is 22.9 Å². The van der Waals surface area contributed by atoms with Crippen molar-refractivity contribution in [3.8, 4) is 0 Å². The van der Waals surface area contributed by atoms with Crippen molar-refractivity contribution in [3.63, 3.8) is 0 Å². The quantitative estimate of drug-likeness (QED) is 0.108. The third kappa shape index (κ3) is 19.1. The van der Waals surface area contributed by atoms with Gasteiger partial charge in [-0.05, 0) is 12.8 Å². The van der Waals surface area contributed by atoms with Crippen molar-refractivity contribution in [2.24, 2.45) is 27.9 Å². The van der Waals surface area contributed by atoms with Gasteiger partial charge in [0, 0.05) is 13.1 Å². The lowest BCUT2D eigenvalue weighted by Crippen LogP contribution is -2.30. The van der Waals surface area contributed by atoms with Crippen molar-refractivity contribution in [1.29, 1.82) is 0 Å². The van der Waals surface area contributed by atoms with E-state index in [0.29, 0.717) is 19.4 Å². The highest BCUT2D eigenvalue weighted by Crippen LogP contribution is 2.34. The molecule has 0 aromatic rings. The van der Waals surface area contributed by atoms with Gasteiger partial charge in [-0.3, -0.25) is 14.3 Å². The topological polar surface area (TPSA) is 220 Å². The molecular weight excluding hydrogens is 293 g/mol. The molecule has 120 valence electrons. The zero-order valence-electron chi connectivity index (χ0n) is 10.9. The fraction of sp³-hybridized carbons (Fsp3) is 0.750. The summed E-state index contributed by atoms with van der Waals surface area (Å²) in [5.74, 6) is -0.987. The third-order valence-electron chi connectivity index (χ3n) is 1.66. The molecule has 0 aliphatic rings. The second-order valence-electron chi connectivity index (χ2n) is 3.51. The maximum atomic E-state index is 10.2. The highest BCUT2D eigenvalue weighted by molar-refractivity contribution is 7.46. The summed E-state index contributed by atoms with van der Waals surface area (Å²) >= 11 is 0. The number of hydrogen-bond acceptors (Lipinski definition) is 6. The first kappa shape index (κ1) is 21.1. The van der Waals surface area contributed by atoms with Gasteiger partial charge in [-0.1, -0.05) is 0 Å². The predicted molar refractivity (Wildman–Crippen MR) is 72.6 cm³/mol. The van der Waals surface area contributed by atoms with Crippen LogP contribution in [0.2, 0.25) is 0 Å². The van der Waals surface area contributed by atoms with Crippen LogP contribution in [-0.4, -0.2) is 52.6 Å². The molecule has 0 aromatic heterocycles. The minimum absolute atomic E-state index is 0.0129. The lowest BCUT2D eigenvalue weighted by Gasteiger charge is -2.03. The van der Waals surface area contributed by atoms with Crippen molar-refractivity contribution >= 4 is 19.8 Å². The van der Waals surface area contributed by atoms with Crippen LogP contribution in [-0.2, 0) is 13.9 Å². The standard InChI is InChI=1S/C6H14N4O2.C2H8NO4P/c7-4(5(11)12)2-1-3-10-6(8)9;3-1-2-7-8(4,5)6/h4H,1-3,7H2,(H,11,12)(H4,8,9,10);1-3H2,(H2,4,5,6)/t4-;/m0./s1. The number of nitrogens with two attached hydrogens (primary N) is 4. The van der Waals surface area contributed by atoms with Gasteiger partial charge in [-0.2, -0.15) is 0 Å². The molecule has 0 aromatic carbocycles. The van der Waals surface area contributed by atoms with E-state index in [2.05, 4.69) is 9.52 Å². The molecule has 11 N–H and O–H groups in total. The number of carboxylic acid groups (broad SMARTS) is 1. The minimum atomic E-state index is -4.26. The second kappa shape index (κ2) is 11.6. The van der Waals surface area contributed by atoms with Crippen molar-refractivity contribution < 1.29 is 28.8 Å². The van der Waals surface area contributed by atoms with Gasteiger partial charge in [-0.25, -0.2) is 4.57 Å². The van der Waals surface area contributed by atoms with Crippen LogP contribution in [0.1, 0.15) is 12.8 Å². The molecule has 0 aliphatic carbocycles. The highest BCUT2D eigenvalue weighted by atomic mass is 31.2. The van der Waals surface area contributed by atoms with Gasteiger partial charge in [0.2, 0.25) is 0 Å². The van der Waals surface area contributed by atoms with Crippen LogP contribution in [0, 0.1) is 0 Å². The number of nitrogens with zero attached hydrogens (tertiary/aromatic N) is 1. The molecule has 0 unspecified atom stereocenters. The summed E-state index contributed by atoms with van der Waals surface area (Å²) in [4.78, 5) is 29.9. The Morgan fingerprint density at radius 3 is 2.20 bits per heavy atom. The molecule has 1 atom stereocenters. The molecule has 0 rings (SSSR count). The van der Waals surface area contributed by atoms with Gasteiger partial charge < -0.3 is 37.8 Å². The molecule has 0 saturated heterocycles. The molecule has 0 spiro atoms. The van der Waals surface area contributed by atoms with E-state index in [0.717, 1.165) is 0 Å². The molecule has 20 heavy (non-hydrogen) atoms. The van der Waals surface area contributed by atoms with E-state index in [9.17, 15) is 9.36 Å². The van der Waals surface area contributed by atoms with Crippen LogP contribution in [0.4, 0.5) is 0 Å². The monoisotopic (exact) mass is 315 g/mol. The normalized spacial score (nSPS) is 12.0. The Kier molecular flexibility index (Phi) is 12.2. The molecule has 0 radical (unpaired) electrons. The summed E-state index contributed by atoms with van der Waals surface area (Å²) in [6.45, 7) is 0.429. The van der Waals surface area contributed by atoms with Gasteiger partial charge >= 0.3 is 13.8 Å². The van der Waals surface area contributed by atoms with Gasteiger partial charge in [0.15, 0.2) is 5.96 Å². The van der Waals surface area contributed by atoms with E-state index in [1.54, 1.807) is 0 Å². The maximum absolute atomic E-state index is 10.2. The SMILES string of the molecule is NC(N)=NCCC[C@H](N)C(=O)O.NCCOP(=O)(O)O. The first-order valence-corrected chi connectivity index (χ1v) is 7.07. The number of carboxylic acids is 1. The predicted octanol–water partition coefficient (Wildman–Crippen LogP) is -2.49. The number of rotatable bonds is 8. The number of aliphatic carboxylic acids is 1. The fourth-order valence-corrected chi connectivity index (χ4v) is 1.16. The van der Waals surface area contributed by atoms with Crippen LogP contribution >= 0.6 is 7.82 Å². The minimum Gasteiger partial charge on any atom is -0.480 e. The maximum Gasteiger partial charge on any atom is 0.469 e. The van der Waals surface area contributed by atoms with Crippen LogP contribution in [0.25, 0.3) is 0 Å². The lowest BCUT2D eigenvalue weighted by molar-refractivity contribution is -0.138. The Labute approximate surface area is 116 Å². The summed E-state index contributed by atoms with van der Waals surface area (Å²) in [5.41, 5.74) is 20.2. The lowest BCUT2D eigenvalue weighted by atomic mass is 10.2. The fourth-order valence-electron chi connectivity index (χ4n) is 0.814. The summed E-state index contributed by atoms with van der Waals surface area (Å²) in [7, 11) is -4.26. The van der Waals surface area contributed by atoms with Crippen molar-refractivity contribution in [1.82, 2.24) is 0 Å². The molecule has 0 fully saturated rings. The molecule has 11 nitrogen and oxygen atoms in total. The molecule has 0 aliphatic heterocycles. The van der Waals surface area contributed by atoms with Crippen molar-refractivity contribution in [2.75, 3.05) is 19.7 Å². The highest BCUT2D eigenvalue weighted by Gasteiger charge is 2.11. The molecule has 0 bridgehead atoms. The van der Waals surface area contributed by atoms with E-state index < -0.39 is 19.8 Å². The van der Waals surface area contributed by atoms with E-state index in [4.69, 9.17) is 37.8 Å². The van der Waals surface area contributed by atoms with Crippen LogP contribution in [0.15, 0.2) is 4.99 Å². The Bertz CT molecular complexity index is 342. The summed E-state index contributed by atoms with van der Waals surface area (Å²) < 4.78 is 13.7. The average molecular weight is 315 g/mol. The Balaban J connectivity index is 0. The summed E-state index contributed by atoms with van der Waals surface area (Å²) in [5, 5.41) is 8.38. The number of hydrogen-bond donors (Lipinski definition) is 7. The summed E-state index contributed by atoms with van der Waals surface area (Å²) in [6.07, 6.45) is 0.956. The van der Waals surface area contributed by atoms with E-state index in [1.165, 1.54) is 0 Å². The van der Waals surface area contributed by atoms with Gasteiger partial charge in [-0.15, -0.1) is 0 Å². The van der Waals surface area contributed by atoms with Gasteiger partial charge in [0.1, 0.15) is 6.04 Å². The molecule has 0 heterocycles. The zero-order chi connectivity index (χ0) is 16.2. The number of guanidine groups is 1. The van der Waals surface area contributed by atoms with Crippen LogP contribution in [0.3, 0.4) is 0 Å². The first-order valence-electron chi connectivity index (χ1n) is 5.54. The summed E-state index contributed by atoms with van der Waals surface area (Å²) in [6, 6.07) is -0.820.